The average molecular weight is 276 g/mol. The summed E-state index contributed by atoms with van der Waals surface area (Å²) in [5.41, 5.74) is 4.12. The van der Waals surface area contributed by atoms with E-state index in [0.29, 0.717) is 5.56 Å². The number of carbonyl (C=O) groups is 1. The number of pyridine rings is 1. The highest BCUT2D eigenvalue weighted by Gasteiger charge is 2.12. The Kier molecular flexibility index (Phi) is 3.40. The highest BCUT2D eigenvalue weighted by atomic mass is 16.1. The molecule has 0 atom stereocenters. The fourth-order valence-electron chi connectivity index (χ4n) is 2.34. The van der Waals surface area contributed by atoms with Crippen LogP contribution in [0.2, 0.25) is 0 Å². The Morgan fingerprint density at radius 2 is 1.71 bits per heavy atom. The molecule has 3 rings (SSSR count). The average Bonchev–Trinajstić information content (AvgIpc) is 2.49. The molecule has 0 aliphatic carbocycles. The summed E-state index contributed by atoms with van der Waals surface area (Å²) in [4.78, 5) is 17.0. The number of benzene rings is 2. The first-order chi connectivity index (χ1) is 10.1. The zero-order valence-electron chi connectivity index (χ0n) is 12.1. The Morgan fingerprint density at radius 3 is 2.52 bits per heavy atom. The molecule has 0 bridgehead atoms. The van der Waals surface area contributed by atoms with Crippen molar-refractivity contribution in [3.63, 3.8) is 0 Å². The molecule has 0 unspecified atom stereocenters. The lowest BCUT2D eigenvalue weighted by Gasteiger charge is -2.10. The number of carbonyl (C=O) groups excluding carboxylic acids is 1. The Balaban J connectivity index is 1.98. The summed E-state index contributed by atoms with van der Waals surface area (Å²) in [6.07, 6.45) is 0. The Labute approximate surface area is 123 Å². The number of fused-ring (bicyclic) bond motifs is 1. The third-order valence-electron chi connectivity index (χ3n) is 3.55. The molecule has 1 N–H and O–H groups in total. The normalized spacial score (nSPS) is 10.6. The zero-order chi connectivity index (χ0) is 14.8. The molecule has 0 fully saturated rings. The highest BCUT2D eigenvalue weighted by molar-refractivity contribution is 6.07. The second-order valence-electron chi connectivity index (χ2n) is 5.08. The van der Waals surface area contributed by atoms with Crippen LogP contribution >= 0.6 is 0 Å². The number of nitrogens with one attached hydrogen (secondary N) is 1. The van der Waals surface area contributed by atoms with E-state index in [9.17, 15) is 4.79 Å². The van der Waals surface area contributed by atoms with Crippen LogP contribution in [0.5, 0.6) is 0 Å². The summed E-state index contributed by atoms with van der Waals surface area (Å²) < 4.78 is 0. The molecular formula is C18H16N2O. The molecule has 104 valence electrons. The van der Waals surface area contributed by atoms with Gasteiger partial charge in [0.05, 0.1) is 16.8 Å². The molecule has 0 saturated heterocycles. The van der Waals surface area contributed by atoms with Gasteiger partial charge >= 0.3 is 0 Å². The number of aryl methyl sites for hydroxylation is 2. The van der Waals surface area contributed by atoms with E-state index < -0.39 is 0 Å². The van der Waals surface area contributed by atoms with E-state index in [1.54, 1.807) is 0 Å². The second kappa shape index (κ2) is 5.37. The van der Waals surface area contributed by atoms with Crippen molar-refractivity contribution in [2.75, 3.05) is 5.32 Å². The quantitative estimate of drug-likeness (QED) is 0.765. The smallest absolute Gasteiger partial charge is 0.257 e. The van der Waals surface area contributed by atoms with E-state index in [2.05, 4.69) is 10.3 Å². The number of hydrogen-bond donors (Lipinski definition) is 1. The van der Waals surface area contributed by atoms with Gasteiger partial charge in [-0.15, -0.1) is 0 Å². The van der Waals surface area contributed by atoms with Crippen molar-refractivity contribution in [2.24, 2.45) is 0 Å². The van der Waals surface area contributed by atoms with Gasteiger partial charge in [0.25, 0.3) is 5.91 Å². The number of rotatable bonds is 2. The van der Waals surface area contributed by atoms with Crippen LogP contribution in [0.3, 0.4) is 0 Å². The Bertz CT molecular complexity index is 824. The Morgan fingerprint density at radius 1 is 1.00 bits per heavy atom. The molecule has 0 aliphatic rings. The van der Waals surface area contributed by atoms with Crippen molar-refractivity contribution >= 4 is 22.5 Å². The maximum absolute atomic E-state index is 12.5. The maximum atomic E-state index is 12.5. The predicted molar refractivity (Wildman–Crippen MR) is 85.6 cm³/mol. The molecule has 0 radical (unpaired) electrons. The van der Waals surface area contributed by atoms with E-state index in [-0.39, 0.29) is 5.91 Å². The zero-order valence-corrected chi connectivity index (χ0v) is 12.1. The summed E-state index contributed by atoms with van der Waals surface area (Å²) >= 11 is 0. The third kappa shape index (κ3) is 2.63. The van der Waals surface area contributed by atoms with Crippen molar-refractivity contribution in [3.05, 3.63) is 71.4 Å². The molecule has 0 aliphatic heterocycles. The first kappa shape index (κ1) is 13.3. The molecule has 3 nitrogen and oxygen atoms in total. The minimum atomic E-state index is -0.125. The predicted octanol–water partition coefficient (Wildman–Crippen LogP) is 4.10. The van der Waals surface area contributed by atoms with Gasteiger partial charge in [-0.2, -0.15) is 0 Å². The van der Waals surface area contributed by atoms with Gasteiger partial charge in [0, 0.05) is 11.1 Å². The van der Waals surface area contributed by atoms with Crippen LogP contribution in [0, 0.1) is 13.8 Å². The number of nitrogens with zero attached hydrogens (tertiary/aromatic N) is 1. The van der Waals surface area contributed by atoms with Crippen LogP contribution in [0.25, 0.3) is 10.9 Å². The van der Waals surface area contributed by atoms with E-state index in [1.165, 1.54) is 0 Å². The molecular weight excluding hydrogens is 260 g/mol. The van der Waals surface area contributed by atoms with Crippen LogP contribution in [-0.4, -0.2) is 10.9 Å². The fraction of sp³-hybridized carbons (Fsp3) is 0.111. The third-order valence-corrected chi connectivity index (χ3v) is 3.55. The van der Waals surface area contributed by atoms with Crippen LogP contribution in [0.15, 0.2) is 54.6 Å². The minimum Gasteiger partial charge on any atom is -0.322 e. The van der Waals surface area contributed by atoms with Gasteiger partial charge in [0.1, 0.15) is 0 Å². The highest BCUT2D eigenvalue weighted by Crippen LogP contribution is 2.19. The van der Waals surface area contributed by atoms with Gasteiger partial charge in [-0.3, -0.25) is 9.78 Å². The van der Waals surface area contributed by atoms with E-state index in [0.717, 1.165) is 27.8 Å². The van der Waals surface area contributed by atoms with Crippen molar-refractivity contribution < 1.29 is 4.79 Å². The maximum Gasteiger partial charge on any atom is 0.257 e. The number of para-hydroxylation sites is 2. The first-order valence-corrected chi connectivity index (χ1v) is 6.88. The standard InChI is InChI=1S/C18H16N2O/c1-12-7-3-5-9-16(12)20-18(21)15-11-14-8-4-6-10-17(14)19-13(15)2/h3-11H,1-2H3,(H,20,21). The van der Waals surface area contributed by atoms with E-state index in [4.69, 9.17) is 0 Å². The van der Waals surface area contributed by atoms with Gasteiger partial charge in [0.15, 0.2) is 0 Å². The van der Waals surface area contributed by atoms with Crippen LogP contribution in [0.4, 0.5) is 5.69 Å². The van der Waals surface area contributed by atoms with Crippen molar-refractivity contribution in [1.82, 2.24) is 4.98 Å². The van der Waals surface area contributed by atoms with Crippen LogP contribution in [-0.2, 0) is 0 Å². The lowest BCUT2D eigenvalue weighted by molar-refractivity contribution is 0.102. The molecule has 3 heteroatoms. The van der Waals surface area contributed by atoms with Gasteiger partial charge in [-0.1, -0.05) is 36.4 Å². The first-order valence-electron chi connectivity index (χ1n) is 6.88. The lowest BCUT2D eigenvalue weighted by Crippen LogP contribution is -2.14. The number of aromatic nitrogens is 1. The monoisotopic (exact) mass is 276 g/mol. The van der Waals surface area contributed by atoms with Crippen molar-refractivity contribution in [1.29, 1.82) is 0 Å². The number of hydrogen-bond acceptors (Lipinski definition) is 2. The molecule has 0 spiro atoms. The lowest BCUT2D eigenvalue weighted by atomic mass is 10.1. The van der Waals surface area contributed by atoms with Gasteiger partial charge < -0.3 is 5.32 Å². The van der Waals surface area contributed by atoms with Gasteiger partial charge in [-0.05, 0) is 37.6 Å². The summed E-state index contributed by atoms with van der Waals surface area (Å²) in [5, 5.41) is 3.92. The molecule has 2 aromatic carbocycles. The van der Waals surface area contributed by atoms with Crippen LogP contribution in [0.1, 0.15) is 21.6 Å². The van der Waals surface area contributed by atoms with Gasteiger partial charge in [0.2, 0.25) is 0 Å². The Hall–Kier alpha value is -2.68. The van der Waals surface area contributed by atoms with Gasteiger partial charge in [-0.25, -0.2) is 0 Å². The topological polar surface area (TPSA) is 42.0 Å². The second-order valence-corrected chi connectivity index (χ2v) is 5.08. The summed E-state index contributed by atoms with van der Waals surface area (Å²) in [7, 11) is 0. The summed E-state index contributed by atoms with van der Waals surface area (Å²) in [6.45, 7) is 3.83. The number of anilines is 1. The molecule has 0 saturated carbocycles. The van der Waals surface area contributed by atoms with Crippen molar-refractivity contribution in [2.45, 2.75) is 13.8 Å². The molecule has 1 aromatic heterocycles. The summed E-state index contributed by atoms with van der Waals surface area (Å²) in [5.74, 6) is -0.125. The molecule has 1 amide bonds. The summed E-state index contributed by atoms with van der Waals surface area (Å²) in [6, 6.07) is 17.4. The van der Waals surface area contributed by atoms with Crippen molar-refractivity contribution in [3.8, 4) is 0 Å². The van der Waals surface area contributed by atoms with E-state index >= 15 is 0 Å². The SMILES string of the molecule is Cc1ccccc1NC(=O)c1cc2ccccc2nc1C. The molecule has 3 aromatic rings. The van der Waals surface area contributed by atoms with Crippen LogP contribution < -0.4 is 5.32 Å². The minimum absolute atomic E-state index is 0.125. The fourth-order valence-corrected chi connectivity index (χ4v) is 2.34. The molecule has 1 heterocycles. The van der Waals surface area contributed by atoms with E-state index in [1.807, 2.05) is 68.4 Å². The molecule has 21 heavy (non-hydrogen) atoms. The largest absolute Gasteiger partial charge is 0.322 e. The number of amides is 1.